The van der Waals surface area contributed by atoms with E-state index in [1.807, 2.05) is 79.7 Å². The summed E-state index contributed by atoms with van der Waals surface area (Å²) in [6, 6.07) is 25.4. The lowest BCUT2D eigenvalue weighted by Crippen LogP contribution is -2.59. The predicted octanol–water partition coefficient (Wildman–Crippen LogP) is 3.78. The maximum atomic E-state index is 13.8. The number of hydrogen-bond donors (Lipinski definition) is 1. The first-order valence-electron chi connectivity index (χ1n) is 12.7. The predicted molar refractivity (Wildman–Crippen MR) is 140 cm³/mol. The van der Waals surface area contributed by atoms with Gasteiger partial charge < -0.3 is 15.0 Å². The lowest BCUT2D eigenvalue weighted by Gasteiger charge is -2.44. The molecule has 0 radical (unpaired) electrons. The first-order valence-corrected chi connectivity index (χ1v) is 12.7. The van der Waals surface area contributed by atoms with Crippen LogP contribution in [0.15, 0.2) is 84.9 Å². The van der Waals surface area contributed by atoms with E-state index < -0.39 is 11.8 Å². The molecule has 37 heavy (non-hydrogen) atoms. The Morgan fingerprint density at radius 1 is 0.838 bits per heavy atom. The molecule has 1 spiro atoms. The van der Waals surface area contributed by atoms with Crippen LogP contribution in [-0.4, -0.2) is 59.0 Å². The second kappa shape index (κ2) is 10.6. The average Bonchev–Trinajstić information content (AvgIpc) is 3.31. The fourth-order valence-corrected chi connectivity index (χ4v) is 5.13. The van der Waals surface area contributed by atoms with Crippen molar-refractivity contribution in [2.24, 2.45) is 0 Å². The summed E-state index contributed by atoms with van der Waals surface area (Å²) in [4.78, 5) is 43.6. The zero-order valence-electron chi connectivity index (χ0n) is 20.9. The van der Waals surface area contributed by atoms with Gasteiger partial charge in [0.15, 0.2) is 0 Å². The van der Waals surface area contributed by atoms with Crippen molar-refractivity contribution in [3.05, 3.63) is 107 Å². The quantitative estimate of drug-likeness (QED) is 0.582. The molecule has 1 atom stereocenters. The van der Waals surface area contributed by atoms with Crippen molar-refractivity contribution in [2.45, 2.75) is 38.1 Å². The molecular weight excluding hydrogens is 466 g/mol. The number of benzene rings is 3. The van der Waals surface area contributed by atoms with E-state index in [1.54, 1.807) is 21.9 Å². The third kappa shape index (κ3) is 5.13. The van der Waals surface area contributed by atoms with E-state index in [9.17, 15) is 14.4 Å². The van der Waals surface area contributed by atoms with Gasteiger partial charge in [0.05, 0.1) is 6.61 Å². The highest BCUT2D eigenvalue weighted by Gasteiger charge is 2.54. The van der Waals surface area contributed by atoms with Gasteiger partial charge in [-0.2, -0.15) is 0 Å². The fraction of sp³-hybridized carbons (Fsp3) is 0.300. The van der Waals surface area contributed by atoms with Crippen molar-refractivity contribution in [2.75, 3.05) is 19.7 Å². The van der Waals surface area contributed by atoms with E-state index in [1.165, 1.54) is 0 Å². The van der Waals surface area contributed by atoms with E-state index in [4.69, 9.17) is 4.74 Å². The molecule has 2 heterocycles. The summed E-state index contributed by atoms with van der Waals surface area (Å²) in [5, 5.41) is 2.97. The van der Waals surface area contributed by atoms with Gasteiger partial charge >= 0.3 is 0 Å². The van der Waals surface area contributed by atoms with Gasteiger partial charge in [0, 0.05) is 43.6 Å². The molecular formula is C30H31N3O4. The monoisotopic (exact) mass is 497 g/mol. The number of piperidine rings is 1. The summed E-state index contributed by atoms with van der Waals surface area (Å²) in [6.07, 6.45) is 0.872. The van der Waals surface area contributed by atoms with Gasteiger partial charge in [-0.1, -0.05) is 66.2 Å². The van der Waals surface area contributed by atoms with Crippen LogP contribution in [-0.2, 0) is 16.1 Å². The zero-order chi connectivity index (χ0) is 25.8. The Hall–Kier alpha value is -3.97. The van der Waals surface area contributed by atoms with E-state index in [0.29, 0.717) is 43.6 Å². The smallest absolute Gasteiger partial charge is 0.256 e. The van der Waals surface area contributed by atoms with Crippen molar-refractivity contribution in [1.29, 1.82) is 0 Å². The van der Waals surface area contributed by atoms with Gasteiger partial charge in [-0.3, -0.25) is 19.3 Å². The summed E-state index contributed by atoms with van der Waals surface area (Å²) in [5.41, 5.74) is 2.29. The van der Waals surface area contributed by atoms with Crippen molar-refractivity contribution in [3.8, 4) is 0 Å². The third-order valence-electron chi connectivity index (χ3n) is 7.24. The molecule has 0 aromatic heterocycles. The number of rotatable bonds is 5. The number of ether oxygens (including phenoxy) is 1. The lowest BCUT2D eigenvalue weighted by atomic mass is 9.96. The van der Waals surface area contributed by atoms with Crippen molar-refractivity contribution < 1.29 is 19.1 Å². The molecule has 2 fully saturated rings. The average molecular weight is 498 g/mol. The normalized spacial score (nSPS) is 18.6. The molecule has 2 aliphatic rings. The van der Waals surface area contributed by atoms with Crippen LogP contribution in [0.4, 0.5) is 0 Å². The highest BCUT2D eigenvalue weighted by atomic mass is 16.5. The van der Waals surface area contributed by atoms with Crippen LogP contribution >= 0.6 is 0 Å². The summed E-state index contributed by atoms with van der Waals surface area (Å²) in [6.45, 7) is 3.34. The molecule has 3 aromatic carbocycles. The highest BCUT2D eigenvalue weighted by molar-refractivity contribution is 5.98. The number of amides is 3. The Bertz CT molecular complexity index is 1250. The van der Waals surface area contributed by atoms with Gasteiger partial charge in [-0.25, -0.2) is 0 Å². The SMILES string of the molecule is Cc1ccc(C(=O)N2CCC3(CC2)OC[C@H](C(=O)NCc2ccccc2)N3C(=O)c2ccccc2)cc1. The lowest BCUT2D eigenvalue weighted by molar-refractivity contribution is -0.128. The second-order valence-corrected chi connectivity index (χ2v) is 9.68. The standard InChI is InChI=1S/C30H31N3O4/c1-22-12-14-25(15-13-22)28(35)32-18-16-30(17-19-32)33(29(36)24-10-6-3-7-11-24)26(21-37-30)27(34)31-20-23-8-4-2-5-9-23/h2-15,26H,16-21H2,1H3,(H,31,34)/t26-/m1/s1. The number of nitrogens with one attached hydrogen (secondary N) is 1. The Morgan fingerprint density at radius 3 is 2.08 bits per heavy atom. The molecule has 0 unspecified atom stereocenters. The van der Waals surface area contributed by atoms with Gasteiger partial charge in [0.25, 0.3) is 11.8 Å². The van der Waals surface area contributed by atoms with Crippen molar-refractivity contribution in [3.63, 3.8) is 0 Å². The Kier molecular flexibility index (Phi) is 7.06. The van der Waals surface area contributed by atoms with E-state index >= 15 is 0 Å². The summed E-state index contributed by atoms with van der Waals surface area (Å²) >= 11 is 0. The Balaban J connectivity index is 1.34. The number of aryl methyl sites for hydroxylation is 1. The van der Waals surface area contributed by atoms with Crippen LogP contribution in [0.5, 0.6) is 0 Å². The molecule has 2 saturated heterocycles. The number of likely N-dealkylation sites (tertiary alicyclic amines) is 1. The van der Waals surface area contributed by atoms with Gasteiger partial charge in [0.2, 0.25) is 5.91 Å². The van der Waals surface area contributed by atoms with Gasteiger partial charge in [0.1, 0.15) is 11.8 Å². The highest BCUT2D eigenvalue weighted by Crippen LogP contribution is 2.38. The minimum atomic E-state index is -0.939. The van der Waals surface area contributed by atoms with Crippen LogP contribution in [0.25, 0.3) is 0 Å². The summed E-state index contributed by atoms with van der Waals surface area (Å²) in [7, 11) is 0. The number of carbonyl (C=O) groups excluding carboxylic acids is 3. The third-order valence-corrected chi connectivity index (χ3v) is 7.24. The molecule has 3 amide bonds. The molecule has 0 bridgehead atoms. The van der Waals surface area contributed by atoms with Crippen LogP contribution in [0, 0.1) is 6.92 Å². The van der Waals surface area contributed by atoms with E-state index in [0.717, 1.165) is 11.1 Å². The van der Waals surface area contributed by atoms with Gasteiger partial charge in [-0.15, -0.1) is 0 Å². The molecule has 0 saturated carbocycles. The molecule has 0 aliphatic carbocycles. The molecule has 2 aliphatic heterocycles. The minimum absolute atomic E-state index is 0.0362. The largest absolute Gasteiger partial charge is 0.353 e. The summed E-state index contributed by atoms with van der Waals surface area (Å²) in [5.74, 6) is -0.523. The zero-order valence-corrected chi connectivity index (χ0v) is 20.9. The molecule has 5 rings (SSSR count). The minimum Gasteiger partial charge on any atom is -0.353 e. The topological polar surface area (TPSA) is 79.0 Å². The second-order valence-electron chi connectivity index (χ2n) is 9.68. The molecule has 7 nitrogen and oxygen atoms in total. The van der Waals surface area contributed by atoms with Crippen molar-refractivity contribution in [1.82, 2.24) is 15.1 Å². The first-order chi connectivity index (χ1) is 18.0. The molecule has 3 aromatic rings. The van der Waals surface area contributed by atoms with E-state index in [-0.39, 0.29) is 24.3 Å². The molecule has 1 N–H and O–H groups in total. The van der Waals surface area contributed by atoms with Crippen LogP contribution in [0.2, 0.25) is 0 Å². The van der Waals surface area contributed by atoms with Crippen LogP contribution in [0.1, 0.15) is 44.7 Å². The number of hydrogen-bond acceptors (Lipinski definition) is 4. The first kappa shape index (κ1) is 24.7. The van der Waals surface area contributed by atoms with Crippen LogP contribution < -0.4 is 5.32 Å². The van der Waals surface area contributed by atoms with Gasteiger partial charge in [-0.05, 0) is 36.8 Å². The maximum absolute atomic E-state index is 13.8. The molecule has 190 valence electrons. The van der Waals surface area contributed by atoms with E-state index in [2.05, 4.69) is 5.32 Å². The van der Waals surface area contributed by atoms with Crippen LogP contribution in [0.3, 0.4) is 0 Å². The Labute approximate surface area is 217 Å². The maximum Gasteiger partial charge on any atom is 0.256 e. The van der Waals surface area contributed by atoms with Crippen molar-refractivity contribution >= 4 is 17.7 Å². The number of carbonyl (C=O) groups is 3. The molecule has 7 heteroatoms. The fourth-order valence-electron chi connectivity index (χ4n) is 5.13. The Morgan fingerprint density at radius 2 is 1.43 bits per heavy atom. The summed E-state index contributed by atoms with van der Waals surface area (Å²) < 4.78 is 6.28. The number of nitrogens with zero attached hydrogens (tertiary/aromatic N) is 2.